The van der Waals surface area contributed by atoms with E-state index in [0.29, 0.717) is 29.3 Å². The molecule has 0 unspecified atom stereocenters. The Labute approximate surface area is 354 Å². The lowest BCUT2D eigenvalue weighted by Gasteiger charge is -2.30. The van der Waals surface area contributed by atoms with Crippen LogP contribution < -0.4 is 4.90 Å². The maximum atomic E-state index is 6.41. The molecule has 0 saturated heterocycles. The molecule has 0 bridgehead atoms. The average molecular weight is 825 g/mol. The fourth-order valence-corrected chi connectivity index (χ4v) is 8.21. The van der Waals surface area contributed by atoms with Gasteiger partial charge in [0.2, 0.25) is 29.3 Å². The molecule has 0 atom stereocenters. The normalized spacial score (nSPS) is 13.5. The van der Waals surface area contributed by atoms with E-state index in [4.69, 9.17) is 28.2 Å². The molecule has 0 amide bonds. The summed E-state index contributed by atoms with van der Waals surface area (Å²) in [6.07, 6.45) is 0. The highest BCUT2D eigenvalue weighted by Crippen LogP contribution is 2.40. The molecule has 3 aromatic heterocycles. The minimum absolute atomic E-state index is 0.0867. The number of hydrogen-bond donors (Lipinski definition) is 0. The molecular formula is C48H60N4O3Si3. The smallest absolute Gasteiger partial charge is 0.237 e. The third-order valence-corrected chi connectivity index (χ3v) is 13.2. The van der Waals surface area contributed by atoms with Crippen LogP contribution >= 0.6 is 0 Å². The van der Waals surface area contributed by atoms with Crippen LogP contribution in [0.25, 0.3) is 32.7 Å². The van der Waals surface area contributed by atoms with E-state index in [-0.39, 0.29) is 15.1 Å². The van der Waals surface area contributed by atoms with Crippen LogP contribution in [0.1, 0.15) is 121 Å². The second kappa shape index (κ2) is 16.0. The van der Waals surface area contributed by atoms with Crippen LogP contribution in [-0.2, 0) is 30.1 Å². The summed E-state index contributed by atoms with van der Waals surface area (Å²) in [5.41, 5.74) is 7.09. The summed E-state index contributed by atoms with van der Waals surface area (Å²) < 4.78 is 19.2. The first kappa shape index (κ1) is 43.8. The van der Waals surface area contributed by atoms with Gasteiger partial charge in [0.15, 0.2) is 0 Å². The molecule has 6 radical (unpaired) electrons. The number of fused-ring (bicyclic) bond motifs is 3. The van der Waals surface area contributed by atoms with Crippen molar-refractivity contribution >= 4 is 79.1 Å². The van der Waals surface area contributed by atoms with E-state index in [1.807, 2.05) is 0 Å². The first-order valence-electron chi connectivity index (χ1n) is 20.2. The van der Waals surface area contributed by atoms with Gasteiger partial charge in [-0.1, -0.05) is 80.5 Å². The van der Waals surface area contributed by atoms with Crippen molar-refractivity contribution in [1.82, 2.24) is 15.0 Å². The third kappa shape index (κ3) is 10.7. The van der Waals surface area contributed by atoms with E-state index in [9.17, 15) is 0 Å². The Hall–Kier alpha value is -3.78. The highest BCUT2D eigenvalue weighted by molar-refractivity contribution is 6.32. The summed E-state index contributed by atoms with van der Waals surface area (Å²) >= 11 is 0. The van der Waals surface area contributed by atoms with Crippen molar-refractivity contribution in [2.24, 2.45) is 0 Å². The van der Waals surface area contributed by atoms with Crippen LogP contribution in [0.15, 0.2) is 91.0 Å². The molecule has 0 spiro atoms. The van der Waals surface area contributed by atoms with Crippen LogP contribution in [0.4, 0.5) is 17.1 Å². The third-order valence-electron chi connectivity index (χ3n) is 9.48. The Kier molecular flexibility index (Phi) is 12.1. The number of aromatic nitrogens is 3. The maximum Gasteiger partial charge on any atom is 0.237 e. The average Bonchev–Trinajstić information content (AvgIpc) is 3.14. The van der Waals surface area contributed by atoms with Gasteiger partial charge in [0.1, 0.15) is 0 Å². The van der Waals surface area contributed by atoms with Gasteiger partial charge < -0.3 is 18.2 Å². The summed E-state index contributed by atoms with van der Waals surface area (Å²) in [5, 5.41) is 3.42. The molecule has 58 heavy (non-hydrogen) atoms. The quantitative estimate of drug-likeness (QED) is 0.114. The minimum atomic E-state index is -0.509. The number of hydrogen-bond acceptors (Lipinski definition) is 7. The first-order chi connectivity index (χ1) is 26.8. The van der Waals surface area contributed by atoms with Gasteiger partial charge >= 0.3 is 0 Å². The van der Waals surface area contributed by atoms with Gasteiger partial charge in [-0.2, -0.15) is 0 Å². The zero-order valence-corrected chi connectivity index (χ0v) is 40.2. The van der Waals surface area contributed by atoms with Gasteiger partial charge in [0, 0.05) is 33.2 Å². The predicted molar refractivity (Wildman–Crippen MR) is 246 cm³/mol. The van der Waals surface area contributed by atoms with Crippen LogP contribution in [0, 0.1) is 0 Å². The van der Waals surface area contributed by atoms with Gasteiger partial charge in [-0.05, 0) is 129 Å². The standard InChI is InChI=1S/C48H60N4O3Si3/c1-43(2,3)56-53-46(10,11)40-25-16-31-28-34(19-22-37(31)49-40)52(35-20-23-38-32(29-35)17-26-41(50-38)47(12,13)54-57-44(4,5)6)36-21-24-39-33(30-36)18-27-42(51-39)48(14,15)55-58-45(7,8)9/h16-30H,1-15H3. The van der Waals surface area contributed by atoms with Crippen molar-refractivity contribution in [1.29, 1.82) is 0 Å². The van der Waals surface area contributed by atoms with Gasteiger partial charge in [0.05, 0.1) is 50.4 Å². The van der Waals surface area contributed by atoms with Crippen LogP contribution in [0.2, 0.25) is 15.1 Å². The lowest BCUT2D eigenvalue weighted by molar-refractivity contribution is 0.104. The van der Waals surface area contributed by atoms with E-state index in [2.05, 4.69) is 200 Å². The molecule has 0 aliphatic carbocycles. The predicted octanol–water partition coefficient (Wildman–Crippen LogP) is 13.1. The zero-order chi connectivity index (χ0) is 42.5. The Morgan fingerprint density at radius 2 is 0.621 bits per heavy atom. The van der Waals surface area contributed by atoms with E-state index in [1.54, 1.807) is 0 Å². The molecule has 3 aromatic carbocycles. The van der Waals surface area contributed by atoms with Crippen molar-refractivity contribution in [2.45, 2.75) is 136 Å². The number of nitrogens with zero attached hydrogens (tertiary/aromatic N) is 4. The van der Waals surface area contributed by atoms with E-state index in [0.717, 1.165) is 66.9 Å². The molecule has 0 N–H and O–H groups in total. The molecule has 0 aliphatic heterocycles. The summed E-state index contributed by atoms with van der Waals surface area (Å²) in [6, 6.07) is 32.3. The number of pyridine rings is 3. The summed E-state index contributed by atoms with van der Waals surface area (Å²) in [5.74, 6) is 0. The maximum absolute atomic E-state index is 6.41. The summed E-state index contributed by atoms with van der Waals surface area (Å²) in [7, 11) is 1.09. The fraction of sp³-hybridized carbons (Fsp3) is 0.438. The number of benzene rings is 3. The van der Waals surface area contributed by atoms with Crippen LogP contribution in [0.3, 0.4) is 0 Å². The minimum Gasteiger partial charge on any atom is -0.406 e. The van der Waals surface area contributed by atoms with Gasteiger partial charge in [-0.25, -0.2) is 15.0 Å². The number of rotatable bonds is 12. The Bertz CT molecular complexity index is 2160. The van der Waals surface area contributed by atoms with E-state index >= 15 is 0 Å². The van der Waals surface area contributed by atoms with Gasteiger partial charge in [0.25, 0.3) is 0 Å². The molecule has 0 saturated carbocycles. The molecule has 6 rings (SSSR count). The highest BCUT2D eigenvalue weighted by Gasteiger charge is 2.30. The topological polar surface area (TPSA) is 69.6 Å². The van der Waals surface area contributed by atoms with Crippen molar-refractivity contribution in [2.75, 3.05) is 4.90 Å². The molecule has 6 aromatic rings. The van der Waals surface area contributed by atoms with Gasteiger partial charge in [-0.15, -0.1) is 0 Å². The Balaban J connectivity index is 1.41. The van der Waals surface area contributed by atoms with E-state index in [1.165, 1.54) is 0 Å². The van der Waals surface area contributed by atoms with Crippen molar-refractivity contribution < 1.29 is 13.3 Å². The molecule has 10 heteroatoms. The highest BCUT2D eigenvalue weighted by atomic mass is 28.2. The molecular weight excluding hydrogens is 765 g/mol. The molecule has 302 valence electrons. The Morgan fingerprint density at radius 1 is 0.362 bits per heavy atom. The monoisotopic (exact) mass is 824 g/mol. The molecule has 0 fully saturated rings. The first-order valence-corrected chi connectivity index (χ1v) is 22.9. The zero-order valence-electron chi connectivity index (χ0n) is 37.2. The second-order valence-corrected chi connectivity index (χ2v) is 25.7. The SMILES string of the molecule is CC(C)(C)[Si]OC(C)(C)c1ccc2cc(N(c3ccc4nc(C(C)(C)O[Si]C(C)(C)C)ccc4c3)c3ccc4nc(C(C)(C)O[Si]C(C)(C)C)ccc4c3)ccc2n1. The Morgan fingerprint density at radius 3 is 0.862 bits per heavy atom. The number of anilines is 3. The molecule has 7 nitrogen and oxygen atoms in total. The summed E-state index contributed by atoms with van der Waals surface area (Å²) in [6.45, 7) is 32.4. The second-order valence-electron chi connectivity index (χ2n) is 19.9. The van der Waals surface area contributed by atoms with Crippen molar-refractivity contribution in [3.8, 4) is 0 Å². The lowest BCUT2D eigenvalue weighted by atomic mass is 10.0. The summed E-state index contributed by atoms with van der Waals surface area (Å²) in [4.78, 5) is 17.6. The molecule has 3 heterocycles. The largest absolute Gasteiger partial charge is 0.406 e. The molecule has 0 aliphatic rings. The van der Waals surface area contributed by atoms with Crippen molar-refractivity contribution in [3.05, 3.63) is 108 Å². The fourth-order valence-electron chi connectivity index (χ4n) is 6.21. The van der Waals surface area contributed by atoms with Crippen molar-refractivity contribution in [3.63, 3.8) is 0 Å². The van der Waals surface area contributed by atoms with Crippen LogP contribution in [-0.4, -0.2) is 44.2 Å². The van der Waals surface area contributed by atoms with Gasteiger partial charge in [-0.3, -0.25) is 0 Å². The van der Waals surface area contributed by atoms with E-state index < -0.39 is 16.8 Å². The van der Waals surface area contributed by atoms with Crippen LogP contribution in [0.5, 0.6) is 0 Å². The lowest BCUT2D eigenvalue weighted by Crippen LogP contribution is -2.28.